The van der Waals surface area contributed by atoms with Crippen LogP contribution in [0.25, 0.3) is 28.2 Å². The van der Waals surface area contributed by atoms with Crippen molar-refractivity contribution < 1.29 is 4.79 Å². The van der Waals surface area contributed by atoms with Gasteiger partial charge in [0.2, 0.25) is 5.91 Å². The second-order valence-electron chi connectivity index (χ2n) is 8.32. The number of pyridine rings is 1. The summed E-state index contributed by atoms with van der Waals surface area (Å²) in [4.78, 5) is 17.4. The zero-order chi connectivity index (χ0) is 24.9. The van der Waals surface area contributed by atoms with E-state index in [1.54, 1.807) is 12.4 Å². The van der Waals surface area contributed by atoms with E-state index in [9.17, 15) is 4.79 Å². The molecule has 0 aliphatic carbocycles. The number of rotatable bonds is 7. The van der Waals surface area contributed by atoms with Crippen molar-refractivity contribution in [3.05, 3.63) is 109 Å². The highest BCUT2D eigenvalue weighted by molar-refractivity contribution is 8.00. The number of carbonyl (C=O) groups is 1. The average molecular weight is 492 g/mol. The first-order chi connectivity index (χ1) is 17.6. The van der Waals surface area contributed by atoms with Gasteiger partial charge in [-0.2, -0.15) is 0 Å². The number of hydrogen-bond donors (Lipinski definition) is 1. The minimum absolute atomic E-state index is 0.104. The molecule has 178 valence electrons. The molecule has 2 heterocycles. The van der Waals surface area contributed by atoms with Gasteiger partial charge in [-0.3, -0.25) is 14.3 Å². The Morgan fingerprint density at radius 3 is 2.31 bits per heavy atom. The lowest BCUT2D eigenvalue weighted by molar-refractivity contribution is -0.115. The maximum atomic E-state index is 13.3. The van der Waals surface area contributed by atoms with Gasteiger partial charge in [-0.15, -0.1) is 10.2 Å². The van der Waals surface area contributed by atoms with Gasteiger partial charge in [-0.05, 0) is 49.2 Å². The van der Waals surface area contributed by atoms with E-state index >= 15 is 0 Å². The van der Waals surface area contributed by atoms with Gasteiger partial charge >= 0.3 is 0 Å². The Labute approximate surface area is 214 Å². The maximum absolute atomic E-state index is 13.3. The average Bonchev–Trinajstić information content (AvgIpc) is 3.33. The second kappa shape index (κ2) is 10.6. The van der Waals surface area contributed by atoms with Gasteiger partial charge in [0.25, 0.3) is 0 Å². The van der Waals surface area contributed by atoms with Gasteiger partial charge in [0.05, 0.1) is 10.9 Å². The number of amides is 1. The van der Waals surface area contributed by atoms with Gasteiger partial charge in [-0.25, -0.2) is 0 Å². The van der Waals surface area contributed by atoms with Crippen molar-refractivity contribution in [2.45, 2.75) is 24.3 Å². The molecule has 0 radical (unpaired) electrons. The van der Waals surface area contributed by atoms with E-state index in [0.29, 0.717) is 11.0 Å². The van der Waals surface area contributed by atoms with Crippen LogP contribution in [0.4, 0.5) is 5.69 Å². The predicted molar refractivity (Wildman–Crippen MR) is 145 cm³/mol. The second-order valence-corrected chi connectivity index (χ2v) is 9.63. The molecule has 5 rings (SSSR count). The fourth-order valence-corrected chi connectivity index (χ4v) is 4.83. The standard InChI is InChI=1S/C29H25N5OS/c1-20-10-6-9-15-26(20)34-27(23-16-18-30-19-17-23)32-33-29(34)36-21(2)28(35)31-25-14-8-7-13-24(25)22-11-4-3-5-12-22/h3-19,21H,1-2H3,(H,31,35). The summed E-state index contributed by atoms with van der Waals surface area (Å²) in [5.41, 5.74) is 5.77. The summed E-state index contributed by atoms with van der Waals surface area (Å²) in [6, 6.07) is 29.8. The number of carbonyl (C=O) groups excluding carboxylic acids is 1. The summed E-state index contributed by atoms with van der Waals surface area (Å²) in [6.07, 6.45) is 3.47. The SMILES string of the molecule is Cc1ccccc1-n1c(SC(C)C(=O)Nc2ccccc2-c2ccccc2)nnc1-c1ccncc1. The normalized spacial score (nSPS) is 11.7. The number of hydrogen-bond acceptors (Lipinski definition) is 5. The number of aromatic nitrogens is 4. The molecule has 1 amide bonds. The van der Waals surface area contributed by atoms with Crippen molar-refractivity contribution in [3.63, 3.8) is 0 Å². The third kappa shape index (κ3) is 4.92. The molecule has 6 nitrogen and oxygen atoms in total. The van der Waals surface area contributed by atoms with E-state index in [-0.39, 0.29) is 5.91 Å². The highest BCUT2D eigenvalue weighted by Gasteiger charge is 2.23. The van der Waals surface area contributed by atoms with E-state index < -0.39 is 5.25 Å². The van der Waals surface area contributed by atoms with Crippen molar-refractivity contribution in [2.24, 2.45) is 0 Å². The first-order valence-electron chi connectivity index (χ1n) is 11.7. The Balaban J connectivity index is 1.44. The van der Waals surface area contributed by atoms with E-state index in [1.165, 1.54) is 11.8 Å². The van der Waals surface area contributed by atoms with Crippen LogP contribution in [0.1, 0.15) is 12.5 Å². The highest BCUT2D eigenvalue weighted by Crippen LogP contribution is 2.33. The number of benzene rings is 3. The van der Waals surface area contributed by atoms with Crippen molar-refractivity contribution in [1.82, 2.24) is 19.7 Å². The van der Waals surface area contributed by atoms with Crippen LogP contribution in [0.2, 0.25) is 0 Å². The molecule has 7 heteroatoms. The lowest BCUT2D eigenvalue weighted by Gasteiger charge is -2.16. The van der Waals surface area contributed by atoms with Crippen LogP contribution in [-0.4, -0.2) is 30.9 Å². The third-order valence-corrected chi connectivity index (χ3v) is 6.89. The quantitative estimate of drug-likeness (QED) is 0.266. The molecular weight excluding hydrogens is 466 g/mol. The topological polar surface area (TPSA) is 72.7 Å². The summed E-state index contributed by atoms with van der Waals surface area (Å²) in [6.45, 7) is 3.94. The van der Waals surface area contributed by atoms with Gasteiger partial charge in [0.15, 0.2) is 11.0 Å². The largest absolute Gasteiger partial charge is 0.325 e. The number of nitrogens with zero attached hydrogens (tertiary/aromatic N) is 4. The molecular formula is C29H25N5OS. The molecule has 0 fully saturated rings. The molecule has 0 aliphatic rings. The molecule has 1 unspecified atom stereocenters. The Hall–Kier alpha value is -4.23. The Bertz CT molecular complexity index is 1480. The van der Waals surface area contributed by atoms with E-state index in [4.69, 9.17) is 0 Å². The maximum Gasteiger partial charge on any atom is 0.237 e. The van der Waals surface area contributed by atoms with E-state index in [2.05, 4.69) is 33.5 Å². The van der Waals surface area contributed by atoms with Crippen LogP contribution in [0.3, 0.4) is 0 Å². The van der Waals surface area contributed by atoms with Crippen molar-refractivity contribution in [3.8, 4) is 28.2 Å². The molecule has 1 N–H and O–H groups in total. The molecule has 2 aromatic heterocycles. The number of nitrogens with one attached hydrogen (secondary N) is 1. The van der Waals surface area contributed by atoms with Crippen LogP contribution in [-0.2, 0) is 4.79 Å². The number of anilines is 1. The Kier molecular flexibility index (Phi) is 6.91. The summed E-state index contributed by atoms with van der Waals surface area (Å²) in [7, 11) is 0. The molecule has 0 saturated heterocycles. The lowest BCUT2D eigenvalue weighted by Crippen LogP contribution is -2.23. The zero-order valence-electron chi connectivity index (χ0n) is 20.0. The van der Waals surface area contributed by atoms with Crippen molar-refractivity contribution in [1.29, 1.82) is 0 Å². The van der Waals surface area contributed by atoms with Gasteiger partial charge in [0.1, 0.15) is 0 Å². The van der Waals surface area contributed by atoms with Crippen molar-refractivity contribution in [2.75, 3.05) is 5.32 Å². The summed E-state index contributed by atoms with van der Waals surface area (Å²) < 4.78 is 2.01. The minimum Gasteiger partial charge on any atom is -0.325 e. The summed E-state index contributed by atoms with van der Waals surface area (Å²) in [5.74, 6) is 0.601. The number of thioether (sulfide) groups is 1. The fourth-order valence-electron chi connectivity index (χ4n) is 3.97. The summed E-state index contributed by atoms with van der Waals surface area (Å²) >= 11 is 1.38. The Morgan fingerprint density at radius 2 is 1.53 bits per heavy atom. The van der Waals surface area contributed by atoms with E-state index in [0.717, 1.165) is 33.6 Å². The monoisotopic (exact) mass is 491 g/mol. The molecule has 36 heavy (non-hydrogen) atoms. The zero-order valence-corrected chi connectivity index (χ0v) is 20.8. The van der Waals surface area contributed by atoms with Gasteiger partial charge < -0.3 is 5.32 Å². The fraction of sp³-hybridized carbons (Fsp3) is 0.103. The van der Waals surface area contributed by atoms with Gasteiger partial charge in [0, 0.05) is 29.2 Å². The number of aryl methyl sites for hydroxylation is 1. The van der Waals surface area contributed by atoms with E-state index in [1.807, 2.05) is 96.4 Å². The van der Waals surface area contributed by atoms with Crippen LogP contribution in [0.5, 0.6) is 0 Å². The third-order valence-electron chi connectivity index (χ3n) is 5.85. The summed E-state index contributed by atoms with van der Waals surface area (Å²) in [5, 5.41) is 12.3. The van der Waals surface area contributed by atoms with Crippen LogP contribution >= 0.6 is 11.8 Å². The smallest absolute Gasteiger partial charge is 0.237 e. The lowest BCUT2D eigenvalue weighted by atomic mass is 10.0. The minimum atomic E-state index is -0.411. The van der Waals surface area contributed by atoms with Crippen molar-refractivity contribution >= 4 is 23.4 Å². The molecule has 0 spiro atoms. The Morgan fingerprint density at radius 1 is 0.833 bits per heavy atom. The van der Waals surface area contributed by atoms with Crippen LogP contribution in [0, 0.1) is 6.92 Å². The molecule has 1 atom stereocenters. The molecule has 0 bridgehead atoms. The van der Waals surface area contributed by atoms with Crippen LogP contribution in [0.15, 0.2) is 109 Å². The molecule has 5 aromatic rings. The molecule has 0 saturated carbocycles. The first-order valence-corrected chi connectivity index (χ1v) is 12.5. The predicted octanol–water partition coefficient (Wildman–Crippen LogP) is 6.42. The first kappa shape index (κ1) is 23.5. The molecule has 0 aliphatic heterocycles. The number of para-hydroxylation sites is 2. The van der Waals surface area contributed by atoms with Crippen LogP contribution < -0.4 is 5.32 Å². The highest BCUT2D eigenvalue weighted by atomic mass is 32.2. The van der Waals surface area contributed by atoms with Gasteiger partial charge in [-0.1, -0.05) is 78.5 Å². The molecule has 3 aromatic carbocycles.